The van der Waals surface area contributed by atoms with Crippen LogP contribution in [0.1, 0.15) is 62.3 Å². The lowest BCUT2D eigenvalue weighted by molar-refractivity contribution is -0.0570. The van der Waals surface area contributed by atoms with Crippen LogP contribution in [0, 0.1) is 0 Å². The molecule has 0 aromatic heterocycles. The maximum atomic E-state index is 7.08. The molecular weight excluding hydrogens is 495 g/mol. The first-order chi connectivity index (χ1) is 14.8. The minimum Gasteiger partial charge on any atom is -0.413 e. The molecule has 0 aliphatic carbocycles. The summed E-state index contributed by atoms with van der Waals surface area (Å²) in [6.45, 7) is 33.9. The second kappa shape index (κ2) is 10.4. The lowest BCUT2D eigenvalue weighted by Crippen LogP contribution is -2.58. The summed E-state index contributed by atoms with van der Waals surface area (Å²) in [5.41, 5.74) is 0.595. The number of hydrogen-bond acceptors (Lipinski definition) is 4. The zero-order chi connectivity index (χ0) is 27.2. The molecule has 0 bridgehead atoms. The van der Waals surface area contributed by atoms with Crippen LogP contribution in [-0.4, -0.2) is 63.2 Å². The maximum Gasteiger partial charge on any atom is 0.192 e. The van der Waals surface area contributed by atoms with Gasteiger partial charge in [-0.05, 0) is 60.5 Å². The Morgan fingerprint density at radius 1 is 0.794 bits per heavy atom. The van der Waals surface area contributed by atoms with E-state index in [0.717, 1.165) is 0 Å². The summed E-state index contributed by atoms with van der Waals surface area (Å²) in [6.07, 6.45) is 1.04. The van der Waals surface area contributed by atoms with E-state index < -0.39 is 48.8 Å². The number of ether oxygens (including phenoxy) is 1. The van der Waals surface area contributed by atoms with E-state index in [2.05, 4.69) is 102 Å². The molecule has 0 amide bonds. The Balaban J connectivity index is 3.57. The van der Waals surface area contributed by atoms with Gasteiger partial charge in [-0.1, -0.05) is 73.9 Å². The van der Waals surface area contributed by atoms with Gasteiger partial charge in [-0.15, -0.1) is 0 Å². The second-order valence-corrected chi connectivity index (χ2v) is 29.1. The van der Waals surface area contributed by atoms with Crippen LogP contribution < -0.4 is 0 Å². The van der Waals surface area contributed by atoms with Gasteiger partial charge in [0.15, 0.2) is 25.0 Å². The monoisotopic (exact) mass is 546 g/mol. The van der Waals surface area contributed by atoms with E-state index in [1.165, 1.54) is 5.54 Å². The van der Waals surface area contributed by atoms with E-state index in [4.69, 9.17) is 37.5 Å². The van der Waals surface area contributed by atoms with Crippen LogP contribution in [0.5, 0.6) is 0 Å². The van der Waals surface area contributed by atoms with Crippen LogP contribution in [0.15, 0.2) is 11.6 Å². The van der Waals surface area contributed by atoms with Crippen LogP contribution in [0.25, 0.3) is 0 Å². The number of hydrogen-bond donors (Lipinski definition) is 0. The van der Waals surface area contributed by atoms with Gasteiger partial charge in [0.25, 0.3) is 0 Å². The molecule has 1 heterocycles. The largest absolute Gasteiger partial charge is 0.413 e. The quantitative estimate of drug-likeness (QED) is 0.291. The number of rotatable bonds is 8. The summed E-state index contributed by atoms with van der Waals surface area (Å²) in [5.74, 6) is 0. The number of halogens is 1. The fourth-order valence-electron chi connectivity index (χ4n) is 3.06. The first-order valence-electron chi connectivity index (χ1n) is 12.5. The highest BCUT2D eigenvalue weighted by molar-refractivity contribution is 6.75. The fraction of sp³-hybridized carbons (Fsp3) is 0.920. The van der Waals surface area contributed by atoms with Crippen LogP contribution >= 0.6 is 11.6 Å². The highest BCUT2D eigenvalue weighted by atomic mass is 35.5. The average Bonchev–Trinajstić information content (AvgIpc) is 2.82. The minimum absolute atomic E-state index is 0.0118. The Kier molecular flexibility index (Phi) is 9.97. The Labute approximate surface area is 220 Å². The zero-order valence-corrected chi connectivity index (χ0v) is 28.4. The molecule has 0 spiro atoms. The lowest BCUT2D eigenvalue weighted by Gasteiger charge is -2.46. The summed E-state index contributed by atoms with van der Waals surface area (Å²) in [5, 5.41) is 0.101. The van der Waals surface area contributed by atoms with Crippen LogP contribution in [0.4, 0.5) is 0 Å². The third-order valence-electron chi connectivity index (χ3n) is 8.73. The topological polar surface area (TPSA) is 36.9 Å². The third kappa shape index (κ3) is 7.12. The molecular formula is C25H52BClO4Si3. The first kappa shape index (κ1) is 32.6. The molecule has 0 unspecified atom stereocenters. The van der Waals surface area contributed by atoms with Crippen molar-refractivity contribution in [3.05, 3.63) is 11.6 Å². The Bertz CT molecular complexity index is 723. The van der Waals surface area contributed by atoms with Gasteiger partial charge in [-0.2, -0.15) is 0 Å². The van der Waals surface area contributed by atoms with Gasteiger partial charge in [0.05, 0.1) is 12.7 Å². The standard InChI is InChI=1S/C25H52BClO4Si3/c1-22(2,3)32(10,11)28-18-25(16-17-27)20(31-34(14,15)24(7,8)9)19(21(26)29-25)30-33(12,13)23(4,5)6/h16-17,19-21H,18H2,1-15H3/b17-16-/t19-,20-,21-,25-/m1/s1. The van der Waals surface area contributed by atoms with E-state index in [-0.39, 0.29) is 15.1 Å². The highest BCUT2D eigenvalue weighted by Gasteiger charge is 2.59. The van der Waals surface area contributed by atoms with E-state index in [9.17, 15) is 0 Å². The van der Waals surface area contributed by atoms with E-state index in [1.807, 2.05) is 6.08 Å². The van der Waals surface area contributed by atoms with Crippen molar-refractivity contribution in [2.75, 3.05) is 6.61 Å². The molecule has 9 heteroatoms. The summed E-state index contributed by atoms with van der Waals surface area (Å²) < 4.78 is 27.2. The predicted molar refractivity (Wildman–Crippen MR) is 156 cm³/mol. The molecule has 1 fully saturated rings. The van der Waals surface area contributed by atoms with Gasteiger partial charge < -0.3 is 18.0 Å². The van der Waals surface area contributed by atoms with E-state index in [0.29, 0.717) is 6.61 Å². The molecule has 1 saturated heterocycles. The average molecular weight is 547 g/mol. The van der Waals surface area contributed by atoms with Gasteiger partial charge in [-0.3, -0.25) is 0 Å². The van der Waals surface area contributed by atoms with Crippen molar-refractivity contribution in [2.24, 2.45) is 0 Å². The molecule has 2 radical (unpaired) electrons. The summed E-state index contributed by atoms with van der Waals surface area (Å²) in [4.78, 5) is 0. The Morgan fingerprint density at radius 2 is 1.21 bits per heavy atom. The second-order valence-electron chi connectivity index (χ2n) is 14.5. The molecule has 34 heavy (non-hydrogen) atoms. The molecule has 0 aromatic carbocycles. The van der Waals surface area contributed by atoms with Crippen molar-refractivity contribution in [3.63, 3.8) is 0 Å². The normalized spacial score (nSPS) is 28.2. The van der Waals surface area contributed by atoms with Gasteiger partial charge in [-0.25, -0.2) is 0 Å². The molecule has 1 aliphatic rings. The zero-order valence-electron chi connectivity index (χ0n) is 24.7. The molecule has 0 saturated carbocycles. The van der Waals surface area contributed by atoms with Crippen molar-refractivity contribution >= 4 is 44.4 Å². The third-order valence-corrected chi connectivity index (χ3v) is 22.3. The van der Waals surface area contributed by atoms with Crippen LogP contribution in [0.2, 0.25) is 54.4 Å². The van der Waals surface area contributed by atoms with Crippen molar-refractivity contribution in [2.45, 2.75) is 141 Å². The molecule has 1 rings (SSSR count). The van der Waals surface area contributed by atoms with E-state index in [1.54, 1.807) is 0 Å². The first-order valence-corrected chi connectivity index (χ1v) is 21.7. The molecule has 0 aromatic rings. The van der Waals surface area contributed by atoms with E-state index >= 15 is 0 Å². The molecule has 4 atom stereocenters. The summed E-state index contributed by atoms with van der Waals surface area (Å²) in [6, 6.07) is -0.639. The molecule has 198 valence electrons. The predicted octanol–water partition coefficient (Wildman–Crippen LogP) is 7.81. The smallest absolute Gasteiger partial charge is 0.192 e. The van der Waals surface area contributed by atoms with Gasteiger partial charge in [0, 0.05) is 11.5 Å². The summed E-state index contributed by atoms with van der Waals surface area (Å²) >= 11 is 6.22. The van der Waals surface area contributed by atoms with Gasteiger partial charge >= 0.3 is 0 Å². The van der Waals surface area contributed by atoms with Crippen LogP contribution in [0.3, 0.4) is 0 Å². The van der Waals surface area contributed by atoms with Crippen molar-refractivity contribution in [1.82, 2.24) is 0 Å². The lowest BCUT2D eigenvalue weighted by atomic mass is 9.89. The summed E-state index contributed by atoms with van der Waals surface area (Å²) in [7, 11) is 0.223. The Hall–Kier alpha value is 0.586. The van der Waals surface area contributed by atoms with Gasteiger partial charge in [0.2, 0.25) is 0 Å². The highest BCUT2D eigenvalue weighted by Crippen LogP contribution is 2.47. The van der Waals surface area contributed by atoms with Crippen molar-refractivity contribution < 1.29 is 18.0 Å². The fourth-order valence-corrected chi connectivity index (χ4v) is 6.91. The molecule has 1 aliphatic heterocycles. The van der Waals surface area contributed by atoms with Crippen molar-refractivity contribution in [3.8, 4) is 0 Å². The van der Waals surface area contributed by atoms with Gasteiger partial charge in [0.1, 0.15) is 19.6 Å². The maximum absolute atomic E-state index is 7.08. The molecule has 4 nitrogen and oxygen atoms in total. The SMILES string of the molecule is [B][C@@H]1O[C@](/C=C\Cl)(CO[Si](C)(C)C(C)(C)C)[C@H](O[Si](C)(C)C(C)(C)C)[C@H]1O[Si](C)(C)C(C)(C)C. The van der Waals surface area contributed by atoms with Crippen LogP contribution in [-0.2, 0) is 18.0 Å². The molecule has 0 N–H and O–H groups in total. The Morgan fingerprint density at radius 3 is 1.59 bits per heavy atom. The van der Waals surface area contributed by atoms with Crippen molar-refractivity contribution in [1.29, 1.82) is 0 Å². The minimum atomic E-state index is -2.21.